The van der Waals surface area contributed by atoms with Crippen LogP contribution in [0, 0.1) is 0 Å². The molecule has 1 rings (SSSR count). The highest BCUT2D eigenvalue weighted by Crippen LogP contribution is 2.05. The fraction of sp³-hybridized carbons (Fsp3) is 0.474. The van der Waals surface area contributed by atoms with Gasteiger partial charge in [0, 0.05) is 0 Å². The van der Waals surface area contributed by atoms with Gasteiger partial charge in [-0.05, 0) is 37.8 Å². The Labute approximate surface area is 169 Å². The largest absolute Gasteiger partial charge is 0.480 e. The lowest BCUT2D eigenvalue weighted by Crippen LogP contribution is -2.55. The van der Waals surface area contributed by atoms with Gasteiger partial charge in [0.2, 0.25) is 17.7 Å². The van der Waals surface area contributed by atoms with Crippen molar-refractivity contribution in [1.82, 2.24) is 10.6 Å². The summed E-state index contributed by atoms with van der Waals surface area (Å²) in [6.45, 7) is 0.403. The number of carboxylic acids is 1. The highest BCUT2D eigenvalue weighted by atomic mass is 16.4. The summed E-state index contributed by atoms with van der Waals surface area (Å²) in [5.41, 5.74) is 17.3. The number of nitrogens with one attached hydrogen (secondary N) is 2. The molecule has 3 amide bonds. The minimum absolute atomic E-state index is 0.170. The van der Waals surface area contributed by atoms with E-state index >= 15 is 0 Å². The van der Waals surface area contributed by atoms with Crippen molar-refractivity contribution >= 4 is 23.7 Å². The van der Waals surface area contributed by atoms with Crippen molar-refractivity contribution < 1.29 is 24.3 Å². The minimum Gasteiger partial charge on any atom is -0.480 e. The summed E-state index contributed by atoms with van der Waals surface area (Å²) in [6, 6.07) is 5.60. The van der Waals surface area contributed by atoms with Gasteiger partial charge >= 0.3 is 5.97 Å². The second-order valence-electron chi connectivity index (χ2n) is 6.71. The monoisotopic (exact) mass is 407 g/mol. The highest BCUT2D eigenvalue weighted by molar-refractivity contribution is 5.94. The molecule has 0 aliphatic carbocycles. The molecule has 1 aromatic rings. The average Bonchev–Trinajstić information content (AvgIpc) is 2.66. The molecule has 1 aromatic carbocycles. The van der Waals surface area contributed by atoms with Crippen molar-refractivity contribution in [2.24, 2.45) is 17.2 Å². The van der Waals surface area contributed by atoms with Gasteiger partial charge in [0.05, 0.1) is 12.5 Å². The third-order valence-corrected chi connectivity index (χ3v) is 4.24. The summed E-state index contributed by atoms with van der Waals surface area (Å²) in [6.07, 6.45) is 1.03. The van der Waals surface area contributed by atoms with E-state index in [4.69, 9.17) is 17.2 Å². The molecule has 29 heavy (non-hydrogen) atoms. The Morgan fingerprint density at radius 3 is 2.14 bits per heavy atom. The van der Waals surface area contributed by atoms with E-state index in [0.717, 1.165) is 5.56 Å². The standard InChI is InChI=1S/C19H29N5O5/c20-9-5-4-8-14(19(28)29)23-18(27)15(11-16(22)25)24-17(26)13(21)10-12-6-2-1-3-7-12/h1-3,6-7,13-15H,4-5,8-11,20-21H2,(H2,22,25)(H,23,27)(H,24,26)(H,28,29). The number of benzene rings is 1. The van der Waals surface area contributed by atoms with Crippen LogP contribution in [-0.4, -0.2) is 53.5 Å². The second-order valence-corrected chi connectivity index (χ2v) is 6.71. The normalized spacial score (nSPS) is 13.7. The first-order valence-corrected chi connectivity index (χ1v) is 9.36. The van der Waals surface area contributed by atoms with Gasteiger partial charge in [0.15, 0.2) is 0 Å². The zero-order chi connectivity index (χ0) is 21.8. The van der Waals surface area contributed by atoms with Crippen LogP contribution in [0.15, 0.2) is 30.3 Å². The number of carboxylic acid groups (broad SMARTS) is 1. The van der Waals surface area contributed by atoms with E-state index in [1.54, 1.807) is 24.3 Å². The lowest BCUT2D eigenvalue weighted by Gasteiger charge is -2.22. The lowest BCUT2D eigenvalue weighted by molar-refractivity contribution is -0.142. The Kier molecular flexibility index (Phi) is 10.3. The number of aliphatic carboxylic acids is 1. The highest BCUT2D eigenvalue weighted by Gasteiger charge is 2.29. The van der Waals surface area contributed by atoms with Crippen molar-refractivity contribution in [3.05, 3.63) is 35.9 Å². The summed E-state index contributed by atoms with van der Waals surface area (Å²) >= 11 is 0. The Balaban J connectivity index is 2.75. The summed E-state index contributed by atoms with van der Waals surface area (Å²) < 4.78 is 0. The number of carbonyl (C=O) groups is 4. The fourth-order valence-electron chi connectivity index (χ4n) is 2.67. The molecule has 0 fully saturated rings. The minimum atomic E-state index is -1.32. The molecule has 3 atom stereocenters. The van der Waals surface area contributed by atoms with Crippen LogP contribution >= 0.6 is 0 Å². The van der Waals surface area contributed by atoms with Gasteiger partial charge in [0.1, 0.15) is 12.1 Å². The molecule has 0 radical (unpaired) electrons. The molecule has 0 heterocycles. The van der Waals surface area contributed by atoms with Gasteiger partial charge in [-0.15, -0.1) is 0 Å². The first-order valence-electron chi connectivity index (χ1n) is 9.36. The molecule has 0 saturated heterocycles. The van der Waals surface area contributed by atoms with Gasteiger partial charge < -0.3 is 32.9 Å². The molecule has 10 nitrogen and oxygen atoms in total. The first-order chi connectivity index (χ1) is 13.7. The summed E-state index contributed by atoms with van der Waals surface area (Å²) in [5, 5.41) is 14.0. The molecule has 0 aliphatic rings. The fourth-order valence-corrected chi connectivity index (χ4v) is 2.67. The average molecular weight is 407 g/mol. The van der Waals surface area contributed by atoms with E-state index in [1.807, 2.05) is 6.07 Å². The topological polar surface area (TPSA) is 191 Å². The van der Waals surface area contributed by atoms with E-state index in [9.17, 15) is 24.3 Å². The number of hydrogen-bond donors (Lipinski definition) is 6. The number of carbonyl (C=O) groups excluding carboxylic acids is 3. The number of unbranched alkanes of at least 4 members (excludes halogenated alkanes) is 1. The van der Waals surface area contributed by atoms with E-state index in [-0.39, 0.29) is 12.8 Å². The molecule has 0 saturated carbocycles. The molecule has 3 unspecified atom stereocenters. The predicted molar refractivity (Wildman–Crippen MR) is 106 cm³/mol. The summed E-state index contributed by atoms with van der Waals surface area (Å²) in [4.78, 5) is 47.5. The van der Waals surface area contributed by atoms with Crippen LogP contribution in [0.3, 0.4) is 0 Å². The molecule has 0 bridgehead atoms. The maximum Gasteiger partial charge on any atom is 0.326 e. The number of nitrogens with two attached hydrogens (primary N) is 3. The molecular formula is C19H29N5O5. The van der Waals surface area contributed by atoms with Crippen molar-refractivity contribution in [1.29, 1.82) is 0 Å². The SMILES string of the molecule is NCCCCC(NC(=O)C(CC(N)=O)NC(=O)C(N)Cc1ccccc1)C(=O)O. The Morgan fingerprint density at radius 1 is 0.966 bits per heavy atom. The second kappa shape index (κ2) is 12.5. The van der Waals surface area contributed by atoms with Gasteiger partial charge in [-0.1, -0.05) is 30.3 Å². The summed E-state index contributed by atoms with van der Waals surface area (Å²) in [7, 11) is 0. The van der Waals surface area contributed by atoms with Gasteiger partial charge in [0.25, 0.3) is 0 Å². The molecule has 9 N–H and O–H groups in total. The smallest absolute Gasteiger partial charge is 0.326 e. The Bertz CT molecular complexity index is 697. The Morgan fingerprint density at radius 2 is 1.59 bits per heavy atom. The van der Waals surface area contributed by atoms with E-state index in [2.05, 4.69) is 10.6 Å². The quantitative estimate of drug-likeness (QED) is 0.217. The van der Waals surface area contributed by atoms with Gasteiger partial charge in [-0.2, -0.15) is 0 Å². The lowest BCUT2D eigenvalue weighted by atomic mass is 10.0. The van der Waals surface area contributed by atoms with Gasteiger partial charge in [-0.3, -0.25) is 14.4 Å². The summed E-state index contributed by atoms with van der Waals surface area (Å²) in [5.74, 6) is -3.51. The van der Waals surface area contributed by atoms with Gasteiger partial charge in [-0.25, -0.2) is 4.79 Å². The third kappa shape index (κ3) is 9.17. The van der Waals surface area contributed by atoms with Crippen LogP contribution in [0.1, 0.15) is 31.2 Å². The predicted octanol–water partition coefficient (Wildman–Crippen LogP) is -1.38. The van der Waals surface area contributed by atoms with Crippen LogP contribution in [0.4, 0.5) is 0 Å². The molecule has 0 aromatic heterocycles. The number of amides is 3. The molecule has 10 heteroatoms. The van der Waals surface area contributed by atoms with Crippen LogP contribution in [0.5, 0.6) is 0 Å². The van der Waals surface area contributed by atoms with Crippen LogP contribution < -0.4 is 27.8 Å². The maximum atomic E-state index is 12.5. The van der Waals surface area contributed by atoms with E-state index in [1.165, 1.54) is 0 Å². The number of rotatable bonds is 13. The molecule has 160 valence electrons. The zero-order valence-corrected chi connectivity index (χ0v) is 16.2. The van der Waals surface area contributed by atoms with Crippen LogP contribution in [0.2, 0.25) is 0 Å². The maximum absolute atomic E-state index is 12.5. The van der Waals surface area contributed by atoms with Crippen molar-refractivity contribution in [2.45, 2.75) is 50.2 Å². The zero-order valence-electron chi connectivity index (χ0n) is 16.2. The van der Waals surface area contributed by atoms with Crippen molar-refractivity contribution in [2.75, 3.05) is 6.54 Å². The number of hydrogen-bond acceptors (Lipinski definition) is 6. The molecule has 0 aliphatic heterocycles. The third-order valence-electron chi connectivity index (χ3n) is 4.24. The van der Waals surface area contributed by atoms with Crippen molar-refractivity contribution in [3.8, 4) is 0 Å². The molecular weight excluding hydrogens is 378 g/mol. The number of primary amides is 1. The Hall–Kier alpha value is -2.98. The van der Waals surface area contributed by atoms with E-state index < -0.39 is 48.2 Å². The van der Waals surface area contributed by atoms with E-state index in [0.29, 0.717) is 19.4 Å². The van der Waals surface area contributed by atoms with Crippen molar-refractivity contribution in [3.63, 3.8) is 0 Å². The first kappa shape index (κ1) is 24.1. The molecule has 0 spiro atoms. The van der Waals surface area contributed by atoms with Crippen LogP contribution in [-0.2, 0) is 25.6 Å². The van der Waals surface area contributed by atoms with Crippen LogP contribution in [0.25, 0.3) is 0 Å².